The zero-order valence-corrected chi connectivity index (χ0v) is 9.38. The summed E-state index contributed by atoms with van der Waals surface area (Å²) in [6.45, 7) is 3.60. The Bertz CT molecular complexity index is 410. The second-order valence-corrected chi connectivity index (χ2v) is 3.80. The van der Waals surface area contributed by atoms with Gasteiger partial charge < -0.3 is 5.11 Å². The zero-order valence-electron chi connectivity index (χ0n) is 7.80. The minimum absolute atomic E-state index is 0.231. The number of ketones is 1. The van der Waals surface area contributed by atoms with Crippen molar-refractivity contribution in [2.24, 2.45) is 0 Å². The van der Waals surface area contributed by atoms with Gasteiger partial charge in [-0.2, -0.15) is 0 Å². The van der Waals surface area contributed by atoms with Gasteiger partial charge in [0.1, 0.15) is 0 Å². The fraction of sp³-hybridized carbons (Fsp3) is 0.200. The van der Waals surface area contributed by atoms with Crippen LogP contribution in [0.4, 0.5) is 0 Å². The summed E-state index contributed by atoms with van der Waals surface area (Å²) in [5.41, 5.74) is 1.87. The summed E-state index contributed by atoms with van der Waals surface area (Å²) in [6, 6.07) is 3.25. The number of aryl methyl sites for hydroxylation is 1. The van der Waals surface area contributed by atoms with Gasteiger partial charge in [-0.1, -0.05) is 28.1 Å². The zero-order chi connectivity index (χ0) is 10.9. The van der Waals surface area contributed by atoms with E-state index in [0.29, 0.717) is 5.56 Å². The maximum absolute atomic E-state index is 11.2. The molecule has 0 aliphatic heterocycles. The molecule has 0 amide bonds. The fourth-order valence-corrected chi connectivity index (χ4v) is 1.53. The Kier molecular flexibility index (Phi) is 3.06. The number of carbonyl (C=O) groups is 2. The molecule has 0 aliphatic carbocycles. The number of hydrogen-bond donors (Lipinski definition) is 1. The molecule has 1 rings (SSSR count). The number of carbonyl (C=O) groups excluding carboxylic acids is 1. The van der Waals surface area contributed by atoms with Gasteiger partial charge in [-0.15, -0.1) is 0 Å². The summed E-state index contributed by atoms with van der Waals surface area (Å²) < 4.78 is 0.782. The van der Waals surface area contributed by atoms with Gasteiger partial charge >= 0.3 is 5.97 Å². The Balaban J connectivity index is 3.31. The highest BCUT2D eigenvalue weighted by molar-refractivity contribution is 9.10. The van der Waals surface area contributed by atoms with Crippen molar-refractivity contribution >= 4 is 27.7 Å². The largest absolute Gasteiger partial charge is 0.475 e. The first-order chi connectivity index (χ1) is 6.45. The molecule has 0 unspecified atom stereocenters. The van der Waals surface area contributed by atoms with Crippen LogP contribution in [0, 0.1) is 13.8 Å². The fourth-order valence-electron chi connectivity index (χ4n) is 1.18. The van der Waals surface area contributed by atoms with Crippen LogP contribution in [0.3, 0.4) is 0 Å². The maximum Gasteiger partial charge on any atom is 0.377 e. The highest BCUT2D eigenvalue weighted by atomic mass is 79.9. The Labute approximate surface area is 89.9 Å². The molecule has 1 N–H and O–H groups in total. The third kappa shape index (κ3) is 1.85. The molecule has 1 aromatic carbocycles. The van der Waals surface area contributed by atoms with Crippen molar-refractivity contribution < 1.29 is 14.7 Å². The molecule has 0 spiro atoms. The van der Waals surface area contributed by atoms with Crippen LogP contribution in [0.1, 0.15) is 21.5 Å². The average molecular weight is 257 g/mol. The first-order valence-electron chi connectivity index (χ1n) is 3.98. The molecule has 0 atom stereocenters. The lowest BCUT2D eigenvalue weighted by Crippen LogP contribution is -2.14. The molecule has 0 saturated carbocycles. The van der Waals surface area contributed by atoms with Crippen LogP contribution in [0.25, 0.3) is 0 Å². The van der Waals surface area contributed by atoms with Crippen molar-refractivity contribution in [3.8, 4) is 0 Å². The van der Waals surface area contributed by atoms with E-state index >= 15 is 0 Å². The molecular weight excluding hydrogens is 248 g/mol. The van der Waals surface area contributed by atoms with Crippen LogP contribution in [-0.4, -0.2) is 16.9 Å². The van der Waals surface area contributed by atoms with Gasteiger partial charge in [0.25, 0.3) is 5.78 Å². The lowest BCUT2D eigenvalue weighted by molar-refractivity contribution is -0.131. The number of halogens is 1. The molecule has 1 aromatic rings. The van der Waals surface area contributed by atoms with Crippen LogP contribution in [0.5, 0.6) is 0 Å². The maximum atomic E-state index is 11.2. The molecule has 74 valence electrons. The van der Waals surface area contributed by atoms with Crippen molar-refractivity contribution in [1.82, 2.24) is 0 Å². The summed E-state index contributed by atoms with van der Waals surface area (Å²) in [4.78, 5) is 21.7. The third-order valence-corrected chi connectivity index (χ3v) is 3.24. The quantitative estimate of drug-likeness (QED) is 0.653. The van der Waals surface area contributed by atoms with E-state index in [4.69, 9.17) is 5.11 Å². The van der Waals surface area contributed by atoms with E-state index in [1.165, 1.54) is 6.07 Å². The predicted octanol–water partition coefficient (Wildman–Crippen LogP) is 2.33. The van der Waals surface area contributed by atoms with Gasteiger partial charge in [0, 0.05) is 10.0 Å². The molecule has 0 aromatic heterocycles. The molecule has 0 bridgehead atoms. The van der Waals surface area contributed by atoms with Crippen LogP contribution < -0.4 is 0 Å². The van der Waals surface area contributed by atoms with Crippen LogP contribution in [-0.2, 0) is 4.79 Å². The van der Waals surface area contributed by atoms with E-state index in [9.17, 15) is 9.59 Å². The van der Waals surface area contributed by atoms with Crippen molar-refractivity contribution in [3.05, 3.63) is 33.3 Å². The number of hydrogen-bond acceptors (Lipinski definition) is 2. The van der Waals surface area contributed by atoms with E-state index in [-0.39, 0.29) is 5.56 Å². The predicted molar refractivity (Wildman–Crippen MR) is 55.6 cm³/mol. The molecule has 0 radical (unpaired) electrons. The number of carboxylic acid groups (broad SMARTS) is 1. The number of benzene rings is 1. The summed E-state index contributed by atoms with van der Waals surface area (Å²) in [5.74, 6) is -2.30. The highest BCUT2D eigenvalue weighted by Crippen LogP contribution is 2.24. The van der Waals surface area contributed by atoms with Crippen molar-refractivity contribution in [2.45, 2.75) is 13.8 Å². The normalized spacial score (nSPS) is 9.93. The van der Waals surface area contributed by atoms with E-state index in [0.717, 1.165) is 10.0 Å². The van der Waals surface area contributed by atoms with Gasteiger partial charge in [-0.25, -0.2) is 4.79 Å². The number of rotatable bonds is 2. The van der Waals surface area contributed by atoms with E-state index in [1.54, 1.807) is 13.0 Å². The van der Waals surface area contributed by atoms with Crippen LogP contribution >= 0.6 is 15.9 Å². The van der Waals surface area contributed by atoms with Gasteiger partial charge in [0.05, 0.1) is 0 Å². The second kappa shape index (κ2) is 3.92. The molecule has 0 aliphatic rings. The van der Waals surface area contributed by atoms with Crippen molar-refractivity contribution in [2.75, 3.05) is 0 Å². The van der Waals surface area contributed by atoms with Crippen molar-refractivity contribution in [3.63, 3.8) is 0 Å². The monoisotopic (exact) mass is 256 g/mol. The van der Waals surface area contributed by atoms with E-state index < -0.39 is 11.8 Å². The second-order valence-electron chi connectivity index (χ2n) is 3.00. The first kappa shape index (κ1) is 10.9. The SMILES string of the molecule is Cc1ccc(C(=O)C(=O)O)c(C)c1Br. The number of aliphatic carboxylic acids is 1. The van der Waals surface area contributed by atoms with Gasteiger partial charge in [-0.3, -0.25) is 4.79 Å². The molecule has 0 saturated heterocycles. The Morgan fingerprint density at radius 3 is 2.36 bits per heavy atom. The molecule has 0 heterocycles. The summed E-state index contributed by atoms with van der Waals surface area (Å²) >= 11 is 3.30. The standard InChI is InChI=1S/C10H9BrO3/c1-5-3-4-7(6(2)8(5)11)9(12)10(13)14/h3-4H,1-2H3,(H,13,14). The summed E-state index contributed by atoms with van der Waals surface area (Å²) in [5, 5.41) is 8.56. The van der Waals surface area contributed by atoms with Crippen LogP contribution in [0.2, 0.25) is 0 Å². The van der Waals surface area contributed by atoms with Crippen molar-refractivity contribution in [1.29, 1.82) is 0 Å². The van der Waals surface area contributed by atoms with Gasteiger partial charge in [0.15, 0.2) is 0 Å². The number of Topliss-reactive ketones (excluding diaryl/α,β-unsaturated/α-hetero) is 1. The topological polar surface area (TPSA) is 54.4 Å². The van der Waals surface area contributed by atoms with Gasteiger partial charge in [0.2, 0.25) is 0 Å². The average Bonchev–Trinajstić information content (AvgIpc) is 2.13. The summed E-state index contributed by atoms with van der Waals surface area (Å²) in [7, 11) is 0. The van der Waals surface area contributed by atoms with E-state index in [1.807, 2.05) is 6.92 Å². The Hall–Kier alpha value is -1.16. The lowest BCUT2D eigenvalue weighted by Gasteiger charge is -2.06. The highest BCUT2D eigenvalue weighted by Gasteiger charge is 2.18. The number of carboxylic acids is 1. The molecule has 14 heavy (non-hydrogen) atoms. The minimum Gasteiger partial charge on any atom is -0.475 e. The van der Waals surface area contributed by atoms with Gasteiger partial charge in [-0.05, 0) is 25.0 Å². The minimum atomic E-state index is -1.43. The van der Waals surface area contributed by atoms with E-state index in [2.05, 4.69) is 15.9 Å². The molecule has 3 nitrogen and oxygen atoms in total. The third-order valence-electron chi connectivity index (χ3n) is 2.02. The lowest BCUT2D eigenvalue weighted by atomic mass is 10.0. The van der Waals surface area contributed by atoms with Crippen LogP contribution in [0.15, 0.2) is 16.6 Å². The summed E-state index contributed by atoms with van der Waals surface area (Å²) in [6.07, 6.45) is 0. The first-order valence-corrected chi connectivity index (χ1v) is 4.77. The molecule has 4 heteroatoms. The Morgan fingerprint density at radius 2 is 1.86 bits per heavy atom. The molecular formula is C10H9BrO3. The Morgan fingerprint density at radius 1 is 1.29 bits per heavy atom. The molecule has 0 fully saturated rings. The smallest absolute Gasteiger partial charge is 0.377 e.